The smallest absolute Gasteiger partial charge is 0.120 e. The van der Waals surface area contributed by atoms with Crippen molar-refractivity contribution in [2.45, 2.75) is 39.3 Å². The number of benzene rings is 2. The molecule has 2 rings (SSSR count). The second-order valence-electron chi connectivity index (χ2n) is 5.65. The third kappa shape index (κ3) is 5.24. The van der Waals surface area contributed by atoms with Crippen molar-refractivity contribution >= 4 is 0 Å². The van der Waals surface area contributed by atoms with E-state index in [4.69, 9.17) is 4.74 Å². The van der Waals surface area contributed by atoms with Crippen LogP contribution in [0.15, 0.2) is 54.6 Å². The minimum absolute atomic E-state index is 0.210. The van der Waals surface area contributed by atoms with Crippen LogP contribution in [0.5, 0.6) is 5.75 Å². The number of hydrogen-bond acceptors (Lipinski definition) is 2. The molecule has 0 aliphatic heterocycles. The molecule has 112 valence electrons. The average Bonchev–Trinajstić information content (AvgIpc) is 2.48. The van der Waals surface area contributed by atoms with Gasteiger partial charge in [0.1, 0.15) is 5.75 Å². The molecule has 0 aliphatic rings. The molecule has 0 saturated heterocycles. The fourth-order valence-electron chi connectivity index (χ4n) is 2.32. The van der Waals surface area contributed by atoms with Crippen molar-refractivity contribution in [1.82, 2.24) is 5.32 Å². The number of rotatable bonds is 7. The average molecular weight is 283 g/mol. The SMILES string of the molecule is CC(C)Oc1cccc(C(C)NCCc2ccccc2)c1. The van der Waals surface area contributed by atoms with E-state index < -0.39 is 0 Å². The Morgan fingerprint density at radius 3 is 2.43 bits per heavy atom. The highest BCUT2D eigenvalue weighted by molar-refractivity contribution is 5.30. The predicted octanol–water partition coefficient (Wildman–Crippen LogP) is 4.37. The van der Waals surface area contributed by atoms with Crippen LogP contribution in [0.2, 0.25) is 0 Å². The Morgan fingerprint density at radius 2 is 1.71 bits per heavy atom. The maximum Gasteiger partial charge on any atom is 0.120 e. The van der Waals surface area contributed by atoms with E-state index in [1.54, 1.807) is 0 Å². The highest BCUT2D eigenvalue weighted by Crippen LogP contribution is 2.20. The van der Waals surface area contributed by atoms with Crippen LogP contribution in [0.4, 0.5) is 0 Å². The van der Waals surface area contributed by atoms with Crippen LogP contribution in [0.3, 0.4) is 0 Å². The Morgan fingerprint density at radius 1 is 0.952 bits per heavy atom. The molecule has 0 radical (unpaired) electrons. The summed E-state index contributed by atoms with van der Waals surface area (Å²) in [6, 6.07) is 19.2. The number of nitrogens with one attached hydrogen (secondary N) is 1. The van der Waals surface area contributed by atoms with Crippen molar-refractivity contribution in [3.63, 3.8) is 0 Å². The molecule has 1 unspecified atom stereocenters. The molecule has 0 saturated carbocycles. The van der Waals surface area contributed by atoms with Crippen LogP contribution in [-0.4, -0.2) is 12.6 Å². The largest absolute Gasteiger partial charge is 0.491 e. The standard InChI is InChI=1S/C19H25NO/c1-15(2)21-19-11-7-10-18(14-19)16(3)20-13-12-17-8-5-4-6-9-17/h4-11,14-16,20H,12-13H2,1-3H3. The van der Waals surface area contributed by atoms with E-state index in [9.17, 15) is 0 Å². The Labute approximate surface area is 128 Å². The minimum atomic E-state index is 0.210. The fraction of sp³-hybridized carbons (Fsp3) is 0.368. The summed E-state index contributed by atoms with van der Waals surface area (Å²) >= 11 is 0. The van der Waals surface area contributed by atoms with Gasteiger partial charge in [-0.2, -0.15) is 0 Å². The lowest BCUT2D eigenvalue weighted by molar-refractivity contribution is 0.242. The van der Waals surface area contributed by atoms with Gasteiger partial charge in [0, 0.05) is 6.04 Å². The molecule has 0 spiro atoms. The minimum Gasteiger partial charge on any atom is -0.491 e. The van der Waals surface area contributed by atoms with Crippen LogP contribution in [-0.2, 0) is 6.42 Å². The highest BCUT2D eigenvalue weighted by Gasteiger charge is 2.06. The van der Waals surface area contributed by atoms with E-state index in [2.05, 4.69) is 60.8 Å². The fourth-order valence-corrected chi connectivity index (χ4v) is 2.32. The Balaban J connectivity index is 1.86. The topological polar surface area (TPSA) is 21.3 Å². The third-order valence-electron chi connectivity index (χ3n) is 3.44. The molecule has 2 aromatic rings. The van der Waals surface area contributed by atoms with Gasteiger partial charge in [0.05, 0.1) is 6.10 Å². The lowest BCUT2D eigenvalue weighted by atomic mass is 10.1. The zero-order valence-corrected chi connectivity index (χ0v) is 13.2. The van der Waals surface area contributed by atoms with Crippen molar-refractivity contribution in [1.29, 1.82) is 0 Å². The molecular weight excluding hydrogens is 258 g/mol. The summed E-state index contributed by atoms with van der Waals surface area (Å²) in [5, 5.41) is 3.57. The number of ether oxygens (including phenoxy) is 1. The van der Waals surface area contributed by atoms with Crippen LogP contribution in [0.1, 0.15) is 37.9 Å². The number of hydrogen-bond donors (Lipinski definition) is 1. The lowest BCUT2D eigenvalue weighted by Crippen LogP contribution is -2.21. The molecule has 21 heavy (non-hydrogen) atoms. The summed E-state index contributed by atoms with van der Waals surface area (Å²) in [5.41, 5.74) is 2.63. The van der Waals surface area contributed by atoms with Gasteiger partial charge in [-0.25, -0.2) is 0 Å². The van der Waals surface area contributed by atoms with Gasteiger partial charge < -0.3 is 10.1 Å². The summed E-state index contributed by atoms with van der Waals surface area (Å²) in [5.74, 6) is 0.944. The van der Waals surface area contributed by atoms with Crippen LogP contribution in [0, 0.1) is 0 Å². The van der Waals surface area contributed by atoms with E-state index in [0.717, 1.165) is 18.7 Å². The van der Waals surface area contributed by atoms with Gasteiger partial charge in [-0.15, -0.1) is 0 Å². The molecule has 0 fully saturated rings. The second kappa shape index (κ2) is 7.84. The van der Waals surface area contributed by atoms with Crippen molar-refractivity contribution in [3.05, 3.63) is 65.7 Å². The molecule has 2 aromatic carbocycles. The van der Waals surface area contributed by atoms with E-state index in [1.807, 2.05) is 19.9 Å². The quantitative estimate of drug-likeness (QED) is 0.815. The summed E-state index contributed by atoms with van der Waals surface area (Å²) < 4.78 is 5.75. The summed E-state index contributed by atoms with van der Waals surface area (Å²) in [4.78, 5) is 0. The molecule has 1 atom stereocenters. The first-order valence-corrected chi connectivity index (χ1v) is 7.69. The molecule has 0 heterocycles. The second-order valence-corrected chi connectivity index (χ2v) is 5.65. The van der Waals surface area contributed by atoms with Crippen LogP contribution in [0.25, 0.3) is 0 Å². The monoisotopic (exact) mass is 283 g/mol. The molecule has 1 N–H and O–H groups in total. The van der Waals surface area contributed by atoms with E-state index in [0.29, 0.717) is 6.04 Å². The van der Waals surface area contributed by atoms with Crippen LogP contribution < -0.4 is 10.1 Å². The molecule has 0 amide bonds. The zero-order chi connectivity index (χ0) is 15.1. The lowest BCUT2D eigenvalue weighted by Gasteiger charge is -2.16. The van der Waals surface area contributed by atoms with E-state index >= 15 is 0 Å². The van der Waals surface area contributed by atoms with Crippen molar-refractivity contribution < 1.29 is 4.74 Å². The molecule has 0 aromatic heterocycles. The summed E-state index contributed by atoms with van der Waals surface area (Å²) in [6.07, 6.45) is 1.26. The molecule has 2 heteroatoms. The van der Waals surface area contributed by atoms with Gasteiger partial charge in [0.25, 0.3) is 0 Å². The van der Waals surface area contributed by atoms with Gasteiger partial charge in [-0.3, -0.25) is 0 Å². The van der Waals surface area contributed by atoms with Gasteiger partial charge in [0.15, 0.2) is 0 Å². The Hall–Kier alpha value is -1.80. The first kappa shape index (κ1) is 15.6. The van der Waals surface area contributed by atoms with Crippen molar-refractivity contribution in [3.8, 4) is 5.75 Å². The Bertz CT molecular complexity index is 536. The maximum atomic E-state index is 5.75. The first-order valence-electron chi connectivity index (χ1n) is 7.69. The third-order valence-corrected chi connectivity index (χ3v) is 3.44. The predicted molar refractivity (Wildman–Crippen MR) is 88.8 cm³/mol. The Kier molecular flexibility index (Phi) is 5.82. The highest BCUT2D eigenvalue weighted by atomic mass is 16.5. The molecular formula is C19H25NO. The molecule has 0 bridgehead atoms. The van der Waals surface area contributed by atoms with Gasteiger partial charge in [0.2, 0.25) is 0 Å². The van der Waals surface area contributed by atoms with Crippen molar-refractivity contribution in [2.24, 2.45) is 0 Å². The van der Waals surface area contributed by atoms with Crippen LogP contribution >= 0.6 is 0 Å². The van der Waals surface area contributed by atoms with Gasteiger partial charge in [-0.1, -0.05) is 42.5 Å². The van der Waals surface area contributed by atoms with E-state index in [1.165, 1.54) is 11.1 Å². The zero-order valence-electron chi connectivity index (χ0n) is 13.2. The summed E-state index contributed by atoms with van der Waals surface area (Å²) in [6.45, 7) is 7.27. The first-order chi connectivity index (χ1) is 10.1. The maximum absolute atomic E-state index is 5.75. The summed E-state index contributed by atoms with van der Waals surface area (Å²) in [7, 11) is 0. The molecule has 2 nitrogen and oxygen atoms in total. The molecule has 0 aliphatic carbocycles. The normalized spacial score (nSPS) is 12.4. The van der Waals surface area contributed by atoms with Gasteiger partial charge in [-0.05, 0) is 57.0 Å². The van der Waals surface area contributed by atoms with Crippen molar-refractivity contribution in [2.75, 3.05) is 6.54 Å². The van der Waals surface area contributed by atoms with E-state index in [-0.39, 0.29) is 6.10 Å². The van der Waals surface area contributed by atoms with Gasteiger partial charge >= 0.3 is 0 Å².